The van der Waals surface area contributed by atoms with Crippen LogP contribution in [-0.2, 0) is 11.3 Å². The zero-order chi connectivity index (χ0) is 14.7. The Morgan fingerprint density at radius 2 is 2.15 bits per heavy atom. The number of para-hydroxylation sites is 1. The van der Waals surface area contributed by atoms with Gasteiger partial charge in [-0.2, -0.15) is 0 Å². The molecule has 2 rings (SSSR count). The van der Waals surface area contributed by atoms with Gasteiger partial charge in [-0.15, -0.1) is 0 Å². The number of hydrogen-bond acceptors (Lipinski definition) is 3. The first-order valence-electron chi connectivity index (χ1n) is 6.47. The Morgan fingerprint density at radius 1 is 1.40 bits per heavy atom. The largest absolute Gasteiger partial charge is 0.480 e. The molecule has 2 aromatic rings. The number of carboxylic acids is 1. The predicted molar refractivity (Wildman–Crippen MR) is 82.6 cm³/mol. The van der Waals surface area contributed by atoms with Crippen molar-refractivity contribution in [2.24, 2.45) is 0 Å². The van der Waals surface area contributed by atoms with E-state index in [-0.39, 0.29) is 12.6 Å². The number of rotatable bonds is 5. The molecule has 0 unspecified atom stereocenters. The van der Waals surface area contributed by atoms with Crippen LogP contribution in [0.15, 0.2) is 34.9 Å². The van der Waals surface area contributed by atoms with Gasteiger partial charge in [0.05, 0.1) is 12.1 Å². The molecule has 1 N–H and O–H groups in total. The van der Waals surface area contributed by atoms with Gasteiger partial charge in [-0.1, -0.05) is 12.1 Å². The third-order valence-corrected chi connectivity index (χ3v) is 3.89. The lowest BCUT2D eigenvalue weighted by molar-refractivity contribution is -0.138. The molecule has 1 aromatic carbocycles. The van der Waals surface area contributed by atoms with E-state index in [0.717, 1.165) is 20.9 Å². The molecule has 0 radical (unpaired) electrons. The molecule has 0 spiro atoms. The van der Waals surface area contributed by atoms with Gasteiger partial charge in [0.2, 0.25) is 0 Å². The maximum absolute atomic E-state index is 11.0. The first kappa shape index (κ1) is 14.9. The SMILES string of the molecule is CC(C)N(CC(=O)O)Cc1ccnc2c(Br)cccc12. The van der Waals surface area contributed by atoms with Crippen LogP contribution in [0.5, 0.6) is 0 Å². The molecule has 0 fully saturated rings. The summed E-state index contributed by atoms with van der Waals surface area (Å²) in [6, 6.07) is 8.06. The number of nitrogens with zero attached hydrogens (tertiary/aromatic N) is 2. The van der Waals surface area contributed by atoms with E-state index in [1.54, 1.807) is 6.20 Å². The molecule has 0 aliphatic rings. The lowest BCUT2D eigenvalue weighted by Gasteiger charge is -2.25. The Morgan fingerprint density at radius 3 is 2.80 bits per heavy atom. The van der Waals surface area contributed by atoms with Crippen molar-refractivity contribution >= 4 is 32.8 Å². The zero-order valence-corrected chi connectivity index (χ0v) is 13.1. The second kappa shape index (κ2) is 6.33. The van der Waals surface area contributed by atoms with E-state index in [4.69, 9.17) is 5.11 Å². The summed E-state index contributed by atoms with van der Waals surface area (Å²) >= 11 is 3.50. The number of aromatic nitrogens is 1. The molecule has 0 atom stereocenters. The van der Waals surface area contributed by atoms with E-state index in [2.05, 4.69) is 20.9 Å². The summed E-state index contributed by atoms with van der Waals surface area (Å²) in [7, 11) is 0. The fourth-order valence-electron chi connectivity index (χ4n) is 2.15. The van der Waals surface area contributed by atoms with Crippen LogP contribution in [0.25, 0.3) is 10.9 Å². The van der Waals surface area contributed by atoms with E-state index < -0.39 is 5.97 Å². The highest BCUT2D eigenvalue weighted by molar-refractivity contribution is 9.10. The summed E-state index contributed by atoms with van der Waals surface area (Å²) in [6.45, 7) is 4.64. The first-order valence-corrected chi connectivity index (χ1v) is 7.26. The number of pyridine rings is 1. The minimum absolute atomic E-state index is 0.0372. The predicted octanol–water partition coefficient (Wildman–Crippen LogP) is 3.29. The number of carboxylic acid groups (broad SMARTS) is 1. The topological polar surface area (TPSA) is 53.4 Å². The molecule has 106 valence electrons. The molecule has 0 bridgehead atoms. The summed E-state index contributed by atoms with van der Waals surface area (Å²) in [5.74, 6) is -0.807. The highest BCUT2D eigenvalue weighted by Crippen LogP contribution is 2.25. The van der Waals surface area contributed by atoms with Crippen LogP contribution in [0.1, 0.15) is 19.4 Å². The Labute approximate surface area is 126 Å². The molecule has 0 aliphatic carbocycles. The number of carbonyl (C=O) groups is 1. The van der Waals surface area contributed by atoms with Crippen molar-refractivity contribution in [1.29, 1.82) is 0 Å². The van der Waals surface area contributed by atoms with Gasteiger partial charge in [0, 0.05) is 28.6 Å². The quantitative estimate of drug-likeness (QED) is 0.910. The van der Waals surface area contributed by atoms with Crippen LogP contribution in [0, 0.1) is 0 Å². The van der Waals surface area contributed by atoms with Crippen LogP contribution in [0.4, 0.5) is 0 Å². The number of fused-ring (bicyclic) bond motifs is 1. The average molecular weight is 337 g/mol. The minimum Gasteiger partial charge on any atom is -0.480 e. The van der Waals surface area contributed by atoms with Gasteiger partial charge in [0.15, 0.2) is 0 Å². The second-order valence-electron chi connectivity index (χ2n) is 5.00. The van der Waals surface area contributed by atoms with Gasteiger partial charge in [-0.25, -0.2) is 0 Å². The van der Waals surface area contributed by atoms with E-state index in [0.29, 0.717) is 6.54 Å². The van der Waals surface area contributed by atoms with Crippen LogP contribution in [0.3, 0.4) is 0 Å². The Balaban J connectivity index is 2.37. The summed E-state index contributed by atoms with van der Waals surface area (Å²) in [4.78, 5) is 17.3. The second-order valence-corrected chi connectivity index (χ2v) is 5.85. The van der Waals surface area contributed by atoms with E-state index in [1.165, 1.54) is 0 Å². The van der Waals surface area contributed by atoms with Gasteiger partial charge >= 0.3 is 5.97 Å². The summed E-state index contributed by atoms with van der Waals surface area (Å²) in [6.07, 6.45) is 1.77. The fourth-order valence-corrected chi connectivity index (χ4v) is 2.62. The molecule has 1 heterocycles. The monoisotopic (exact) mass is 336 g/mol. The zero-order valence-electron chi connectivity index (χ0n) is 11.5. The van der Waals surface area contributed by atoms with E-state index in [1.807, 2.05) is 43.0 Å². The normalized spacial score (nSPS) is 11.4. The molecule has 5 heteroatoms. The summed E-state index contributed by atoms with van der Waals surface area (Å²) < 4.78 is 0.950. The molecule has 0 amide bonds. The Kier molecular flexibility index (Phi) is 4.73. The molecular formula is C15H17BrN2O2. The van der Waals surface area contributed by atoms with E-state index >= 15 is 0 Å². The van der Waals surface area contributed by atoms with Crippen LogP contribution in [-0.4, -0.2) is 33.5 Å². The van der Waals surface area contributed by atoms with Crippen molar-refractivity contribution in [1.82, 2.24) is 9.88 Å². The van der Waals surface area contributed by atoms with Crippen molar-refractivity contribution in [3.8, 4) is 0 Å². The Bertz CT molecular complexity index is 628. The summed E-state index contributed by atoms with van der Waals surface area (Å²) in [5.41, 5.74) is 2.00. The lowest BCUT2D eigenvalue weighted by atomic mass is 10.1. The highest BCUT2D eigenvalue weighted by atomic mass is 79.9. The van der Waals surface area contributed by atoms with Crippen LogP contribution >= 0.6 is 15.9 Å². The molecule has 0 aliphatic heterocycles. The third kappa shape index (κ3) is 3.35. The van der Waals surface area contributed by atoms with Crippen molar-refractivity contribution in [2.45, 2.75) is 26.4 Å². The smallest absolute Gasteiger partial charge is 0.317 e. The Hall–Kier alpha value is -1.46. The standard InChI is InChI=1S/C15H17BrN2O2/c1-10(2)18(9-14(19)20)8-11-6-7-17-15-12(11)4-3-5-13(15)16/h3-7,10H,8-9H2,1-2H3,(H,19,20). The van der Waals surface area contributed by atoms with Crippen molar-refractivity contribution in [3.05, 3.63) is 40.5 Å². The van der Waals surface area contributed by atoms with Crippen molar-refractivity contribution in [2.75, 3.05) is 6.54 Å². The molecule has 4 nitrogen and oxygen atoms in total. The fraction of sp³-hybridized carbons (Fsp3) is 0.333. The lowest BCUT2D eigenvalue weighted by Crippen LogP contribution is -2.35. The molecule has 1 aromatic heterocycles. The van der Waals surface area contributed by atoms with Crippen LogP contribution in [0.2, 0.25) is 0 Å². The first-order chi connectivity index (χ1) is 9.49. The molecule has 0 saturated carbocycles. The number of halogens is 1. The average Bonchev–Trinajstić information content (AvgIpc) is 2.38. The van der Waals surface area contributed by atoms with E-state index in [9.17, 15) is 4.79 Å². The van der Waals surface area contributed by atoms with Crippen molar-refractivity contribution < 1.29 is 9.90 Å². The van der Waals surface area contributed by atoms with Gasteiger partial charge in [-0.05, 0) is 47.5 Å². The number of benzene rings is 1. The summed E-state index contributed by atoms with van der Waals surface area (Å²) in [5, 5.41) is 10.1. The highest BCUT2D eigenvalue weighted by Gasteiger charge is 2.15. The minimum atomic E-state index is -0.807. The maximum Gasteiger partial charge on any atom is 0.317 e. The number of aliphatic carboxylic acids is 1. The molecule has 0 saturated heterocycles. The van der Waals surface area contributed by atoms with Crippen LogP contribution < -0.4 is 0 Å². The molecular weight excluding hydrogens is 320 g/mol. The van der Waals surface area contributed by atoms with Gasteiger partial charge in [0.25, 0.3) is 0 Å². The third-order valence-electron chi connectivity index (χ3n) is 3.25. The number of hydrogen-bond donors (Lipinski definition) is 1. The van der Waals surface area contributed by atoms with Gasteiger partial charge in [-0.3, -0.25) is 14.7 Å². The van der Waals surface area contributed by atoms with Gasteiger partial charge in [0.1, 0.15) is 0 Å². The van der Waals surface area contributed by atoms with Gasteiger partial charge < -0.3 is 5.11 Å². The van der Waals surface area contributed by atoms with Crippen molar-refractivity contribution in [3.63, 3.8) is 0 Å². The maximum atomic E-state index is 11.0. The molecule has 20 heavy (non-hydrogen) atoms.